The number of hydrogen-bond acceptors (Lipinski definition) is 3. The van der Waals surface area contributed by atoms with E-state index >= 15 is 0 Å². The van der Waals surface area contributed by atoms with Crippen LogP contribution >= 0.6 is 0 Å². The van der Waals surface area contributed by atoms with Crippen molar-refractivity contribution in [1.82, 2.24) is 10.2 Å². The van der Waals surface area contributed by atoms with Crippen LogP contribution in [0.2, 0.25) is 0 Å². The maximum absolute atomic E-state index is 12.6. The summed E-state index contributed by atoms with van der Waals surface area (Å²) in [5.41, 5.74) is 6.96. The number of anilines is 1. The third-order valence-corrected chi connectivity index (χ3v) is 3.53. The van der Waals surface area contributed by atoms with Crippen molar-refractivity contribution >= 4 is 17.5 Å². The fourth-order valence-corrected chi connectivity index (χ4v) is 2.28. The topological polar surface area (TPSA) is 75.4 Å². The van der Waals surface area contributed by atoms with Gasteiger partial charge in [-0.1, -0.05) is 6.07 Å². The number of nitrogens with zero attached hydrogens (tertiary/aromatic N) is 1. The molecule has 0 aliphatic carbocycles. The zero-order chi connectivity index (χ0) is 14.2. The lowest BCUT2D eigenvalue weighted by Gasteiger charge is -2.41. The van der Waals surface area contributed by atoms with Crippen LogP contribution in [0.25, 0.3) is 0 Å². The normalized spacial score (nSPS) is 18.1. The molecule has 102 valence electrons. The molecule has 0 bridgehead atoms. The van der Waals surface area contributed by atoms with Gasteiger partial charge in [-0.3, -0.25) is 9.59 Å². The minimum absolute atomic E-state index is 0.141. The second-order valence-electron chi connectivity index (χ2n) is 5.36. The Balaban J connectivity index is 2.35. The van der Waals surface area contributed by atoms with Gasteiger partial charge in [0.2, 0.25) is 5.91 Å². The first-order valence-corrected chi connectivity index (χ1v) is 6.30. The van der Waals surface area contributed by atoms with Gasteiger partial charge in [0.1, 0.15) is 5.54 Å². The highest BCUT2D eigenvalue weighted by molar-refractivity contribution is 6.03. The highest BCUT2D eigenvalue weighted by atomic mass is 16.2. The van der Waals surface area contributed by atoms with Crippen LogP contribution in [0.5, 0.6) is 0 Å². The molecular weight excluding hydrogens is 242 g/mol. The number of rotatable bonds is 1. The predicted molar refractivity (Wildman–Crippen MR) is 73.7 cm³/mol. The zero-order valence-corrected chi connectivity index (χ0v) is 11.5. The number of carbonyl (C=O) groups excluding carboxylic acids is 2. The molecule has 1 fully saturated rings. The Morgan fingerprint density at radius 2 is 2.11 bits per heavy atom. The van der Waals surface area contributed by atoms with Crippen LogP contribution in [0.15, 0.2) is 18.2 Å². The number of carbonyl (C=O) groups is 2. The van der Waals surface area contributed by atoms with Gasteiger partial charge in [-0.25, -0.2) is 0 Å². The van der Waals surface area contributed by atoms with E-state index in [-0.39, 0.29) is 11.8 Å². The van der Waals surface area contributed by atoms with Gasteiger partial charge in [0, 0.05) is 18.8 Å². The second kappa shape index (κ2) is 4.57. The fraction of sp³-hybridized carbons (Fsp3) is 0.429. The molecule has 3 N–H and O–H groups in total. The molecule has 1 saturated heterocycles. The molecule has 0 spiro atoms. The Labute approximate surface area is 112 Å². The second-order valence-corrected chi connectivity index (χ2v) is 5.36. The molecule has 19 heavy (non-hydrogen) atoms. The van der Waals surface area contributed by atoms with Crippen molar-refractivity contribution < 1.29 is 9.59 Å². The number of nitrogens with one attached hydrogen (secondary N) is 1. The molecular formula is C14H19N3O2. The molecule has 5 nitrogen and oxygen atoms in total. The Kier molecular flexibility index (Phi) is 3.22. The Morgan fingerprint density at radius 3 is 2.74 bits per heavy atom. The van der Waals surface area contributed by atoms with Gasteiger partial charge in [0.15, 0.2) is 0 Å². The van der Waals surface area contributed by atoms with E-state index in [4.69, 9.17) is 5.73 Å². The van der Waals surface area contributed by atoms with Gasteiger partial charge in [-0.2, -0.15) is 0 Å². The predicted octanol–water partition coefficient (Wildman–Crippen LogP) is 0.928. The number of benzene rings is 1. The molecule has 0 radical (unpaired) electrons. The standard InChI is InChI=1S/C14H19N3O2/c1-9-4-5-10(11(15)8-9)12(18)17-7-6-16-13(19)14(17,2)3/h4-5,8H,6-7,15H2,1-3H3,(H,16,19). The van der Waals surface area contributed by atoms with Crippen molar-refractivity contribution in [1.29, 1.82) is 0 Å². The van der Waals surface area contributed by atoms with E-state index < -0.39 is 5.54 Å². The van der Waals surface area contributed by atoms with E-state index in [2.05, 4.69) is 5.32 Å². The summed E-state index contributed by atoms with van der Waals surface area (Å²) in [6.45, 7) is 6.36. The first-order valence-electron chi connectivity index (χ1n) is 6.30. The van der Waals surface area contributed by atoms with Crippen LogP contribution in [-0.4, -0.2) is 35.3 Å². The first kappa shape index (κ1) is 13.4. The molecule has 2 amide bonds. The molecule has 0 aromatic heterocycles. The van der Waals surface area contributed by atoms with E-state index in [0.717, 1.165) is 5.56 Å². The Hall–Kier alpha value is -2.04. The number of amides is 2. The van der Waals surface area contributed by atoms with E-state index in [9.17, 15) is 9.59 Å². The van der Waals surface area contributed by atoms with Crippen LogP contribution in [0.4, 0.5) is 5.69 Å². The molecule has 1 aliphatic rings. The van der Waals surface area contributed by atoms with E-state index in [1.807, 2.05) is 13.0 Å². The van der Waals surface area contributed by atoms with E-state index in [1.165, 1.54) is 0 Å². The number of nitrogen functional groups attached to an aromatic ring is 1. The summed E-state index contributed by atoms with van der Waals surface area (Å²) in [4.78, 5) is 26.0. The largest absolute Gasteiger partial charge is 0.398 e. The van der Waals surface area contributed by atoms with Gasteiger partial charge >= 0.3 is 0 Å². The van der Waals surface area contributed by atoms with Crippen LogP contribution < -0.4 is 11.1 Å². The van der Waals surface area contributed by atoms with Crippen LogP contribution in [0.1, 0.15) is 29.8 Å². The quantitative estimate of drug-likeness (QED) is 0.738. The van der Waals surface area contributed by atoms with Gasteiger partial charge in [0.05, 0.1) is 5.56 Å². The molecule has 0 saturated carbocycles. The molecule has 1 aromatic carbocycles. The molecule has 1 aromatic rings. The lowest BCUT2D eigenvalue weighted by molar-refractivity contribution is -0.133. The van der Waals surface area contributed by atoms with Crippen molar-refractivity contribution in [2.75, 3.05) is 18.8 Å². The molecule has 1 heterocycles. The summed E-state index contributed by atoms with van der Waals surface area (Å²) in [7, 11) is 0. The number of hydrogen-bond donors (Lipinski definition) is 2. The lowest BCUT2D eigenvalue weighted by Crippen LogP contribution is -2.63. The minimum Gasteiger partial charge on any atom is -0.398 e. The van der Waals surface area contributed by atoms with Gasteiger partial charge in [-0.05, 0) is 38.5 Å². The Bertz CT molecular complexity index is 537. The summed E-state index contributed by atoms with van der Waals surface area (Å²) in [6.07, 6.45) is 0. The van der Waals surface area contributed by atoms with Crippen LogP contribution in [-0.2, 0) is 4.79 Å². The third kappa shape index (κ3) is 2.28. The van der Waals surface area contributed by atoms with Crippen molar-refractivity contribution in [3.8, 4) is 0 Å². The van der Waals surface area contributed by atoms with Crippen LogP contribution in [0.3, 0.4) is 0 Å². The highest BCUT2D eigenvalue weighted by Gasteiger charge is 2.40. The van der Waals surface area contributed by atoms with Crippen molar-refractivity contribution in [2.45, 2.75) is 26.3 Å². The van der Waals surface area contributed by atoms with Crippen molar-refractivity contribution in [3.05, 3.63) is 29.3 Å². The third-order valence-electron chi connectivity index (χ3n) is 3.53. The van der Waals surface area contributed by atoms with Crippen LogP contribution in [0, 0.1) is 6.92 Å². The summed E-state index contributed by atoms with van der Waals surface area (Å²) >= 11 is 0. The zero-order valence-electron chi connectivity index (χ0n) is 11.5. The SMILES string of the molecule is Cc1ccc(C(=O)N2CCNC(=O)C2(C)C)c(N)c1. The van der Waals surface area contributed by atoms with Crippen molar-refractivity contribution in [3.63, 3.8) is 0 Å². The molecule has 5 heteroatoms. The summed E-state index contributed by atoms with van der Waals surface area (Å²) < 4.78 is 0. The smallest absolute Gasteiger partial charge is 0.256 e. The van der Waals surface area contributed by atoms with Gasteiger partial charge in [-0.15, -0.1) is 0 Å². The van der Waals surface area contributed by atoms with Crippen molar-refractivity contribution in [2.24, 2.45) is 0 Å². The Morgan fingerprint density at radius 1 is 1.42 bits per heavy atom. The number of nitrogens with two attached hydrogens (primary N) is 1. The molecule has 0 unspecified atom stereocenters. The number of aryl methyl sites for hydroxylation is 1. The molecule has 2 rings (SSSR count). The summed E-state index contributed by atoms with van der Waals surface area (Å²) in [5.74, 6) is -0.338. The fourth-order valence-electron chi connectivity index (χ4n) is 2.28. The number of piperazine rings is 1. The monoisotopic (exact) mass is 261 g/mol. The average Bonchev–Trinajstić information content (AvgIpc) is 2.32. The summed E-state index contributed by atoms with van der Waals surface area (Å²) in [5, 5.41) is 2.77. The molecule has 0 atom stereocenters. The van der Waals surface area contributed by atoms with Gasteiger partial charge in [0.25, 0.3) is 5.91 Å². The minimum atomic E-state index is -0.855. The highest BCUT2D eigenvalue weighted by Crippen LogP contribution is 2.23. The average molecular weight is 261 g/mol. The van der Waals surface area contributed by atoms with E-state index in [0.29, 0.717) is 24.3 Å². The lowest BCUT2D eigenvalue weighted by atomic mass is 9.97. The summed E-state index contributed by atoms with van der Waals surface area (Å²) in [6, 6.07) is 5.33. The van der Waals surface area contributed by atoms with Gasteiger partial charge < -0.3 is 16.0 Å². The molecule has 1 aliphatic heterocycles. The first-order chi connectivity index (χ1) is 8.84. The maximum atomic E-state index is 12.6. The van der Waals surface area contributed by atoms with E-state index in [1.54, 1.807) is 30.9 Å². The maximum Gasteiger partial charge on any atom is 0.256 e.